The molecule has 0 atom stereocenters. The average Bonchev–Trinajstić information content (AvgIpc) is 2.69. The molecule has 0 radical (unpaired) electrons. The van der Waals surface area contributed by atoms with Gasteiger partial charge in [-0.1, -0.05) is 24.3 Å². The van der Waals surface area contributed by atoms with Gasteiger partial charge in [0.25, 0.3) is 10.0 Å². The predicted octanol–water partition coefficient (Wildman–Crippen LogP) is 2.39. The number of hydrogen-bond acceptors (Lipinski definition) is 5. The monoisotopic (exact) mass is 373 g/mol. The SMILES string of the molecule is O=C1OCc2ccccc2N1C1CCN(S(=O)(=O)c2ccccn2)CC1. The largest absolute Gasteiger partial charge is 0.444 e. The number of nitrogens with zero attached hydrogens (tertiary/aromatic N) is 3. The van der Waals surface area contributed by atoms with Gasteiger partial charge in [0.1, 0.15) is 6.61 Å². The molecule has 136 valence electrons. The van der Waals surface area contributed by atoms with Crippen molar-refractivity contribution < 1.29 is 17.9 Å². The molecular weight excluding hydrogens is 354 g/mol. The van der Waals surface area contributed by atoms with Crippen LogP contribution in [-0.4, -0.2) is 42.9 Å². The van der Waals surface area contributed by atoms with Crippen LogP contribution in [0.1, 0.15) is 18.4 Å². The van der Waals surface area contributed by atoms with Gasteiger partial charge in [-0.15, -0.1) is 0 Å². The molecular formula is C18H19N3O4S. The van der Waals surface area contributed by atoms with Crippen molar-refractivity contribution in [3.05, 3.63) is 54.2 Å². The normalized spacial score (nSPS) is 19.1. The maximum atomic E-state index is 12.7. The van der Waals surface area contributed by atoms with E-state index in [1.54, 1.807) is 17.0 Å². The Morgan fingerprint density at radius 3 is 2.50 bits per heavy atom. The highest BCUT2D eigenvalue weighted by Crippen LogP contribution is 2.32. The van der Waals surface area contributed by atoms with Crippen LogP contribution in [0.2, 0.25) is 0 Å². The minimum atomic E-state index is -3.60. The standard InChI is InChI=1S/C18H19N3O4S/c22-18-21(16-6-2-1-5-14(16)13-25-18)15-8-11-20(12-9-15)26(23,24)17-7-3-4-10-19-17/h1-7,10,15H,8-9,11-13H2. The number of ether oxygens (including phenoxy) is 1. The molecule has 0 bridgehead atoms. The van der Waals surface area contributed by atoms with E-state index in [0.29, 0.717) is 25.9 Å². The minimum absolute atomic E-state index is 0.0566. The lowest BCUT2D eigenvalue weighted by Crippen LogP contribution is -2.50. The van der Waals surface area contributed by atoms with Gasteiger partial charge in [-0.2, -0.15) is 4.31 Å². The van der Waals surface area contributed by atoms with Crippen molar-refractivity contribution in [2.24, 2.45) is 0 Å². The lowest BCUT2D eigenvalue weighted by molar-refractivity contribution is 0.136. The fourth-order valence-electron chi connectivity index (χ4n) is 3.49. The number of cyclic esters (lactones) is 1. The van der Waals surface area contributed by atoms with Crippen LogP contribution >= 0.6 is 0 Å². The number of aromatic nitrogens is 1. The summed E-state index contributed by atoms with van der Waals surface area (Å²) in [5, 5.41) is 0.0566. The first-order chi connectivity index (χ1) is 12.6. The zero-order valence-electron chi connectivity index (χ0n) is 14.1. The van der Waals surface area contributed by atoms with Gasteiger partial charge >= 0.3 is 6.09 Å². The van der Waals surface area contributed by atoms with Gasteiger partial charge in [-0.3, -0.25) is 4.90 Å². The Hall–Kier alpha value is -2.45. The van der Waals surface area contributed by atoms with Crippen LogP contribution < -0.4 is 4.90 Å². The van der Waals surface area contributed by atoms with E-state index < -0.39 is 10.0 Å². The molecule has 8 heteroatoms. The van der Waals surface area contributed by atoms with Crippen molar-refractivity contribution in [2.75, 3.05) is 18.0 Å². The number of rotatable bonds is 3. The second kappa shape index (κ2) is 6.69. The molecule has 0 N–H and O–H groups in total. The Morgan fingerprint density at radius 2 is 1.77 bits per heavy atom. The third kappa shape index (κ3) is 2.95. The molecule has 1 fully saturated rings. The number of sulfonamides is 1. The molecule has 26 heavy (non-hydrogen) atoms. The highest BCUT2D eigenvalue weighted by Gasteiger charge is 2.37. The van der Waals surface area contributed by atoms with Crippen LogP contribution in [0.4, 0.5) is 10.5 Å². The topological polar surface area (TPSA) is 79.8 Å². The summed E-state index contributed by atoms with van der Waals surface area (Å²) in [6, 6.07) is 12.4. The van der Waals surface area contributed by atoms with Crippen molar-refractivity contribution in [3.63, 3.8) is 0 Å². The smallest absolute Gasteiger partial charge is 0.414 e. The molecule has 0 unspecified atom stereocenters. The lowest BCUT2D eigenvalue weighted by Gasteiger charge is -2.39. The fourth-order valence-corrected chi connectivity index (χ4v) is 4.89. The number of benzene rings is 1. The predicted molar refractivity (Wildman–Crippen MR) is 95.1 cm³/mol. The van der Waals surface area contributed by atoms with Gasteiger partial charge in [0.2, 0.25) is 0 Å². The van der Waals surface area contributed by atoms with E-state index >= 15 is 0 Å². The number of pyridine rings is 1. The van der Waals surface area contributed by atoms with Gasteiger partial charge in [-0.05, 0) is 31.0 Å². The molecule has 1 saturated heterocycles. The summed E-state index contributed by atoms with van der Waals surface area (Å²) in [5.74, 6) is 0. The first kappa shape index (κ1) is 17.0. The first-order valence-corrected chi connectivity index (χ1v) is 9.96. The fraction of sp³-hybridized carbons (Fsp3) is 0.333. The Morgan fingerprint density at radius 1 is 1.04 bits per heavy atom. The van der Waals surface area contributed by atoms with Crippen molar-refractivity contribution in [3.8, 4) is 0 Å². The van der Waals surface area contributed by atoms with Gasteiger partial charge < -0.3 is 4.74 Å². The Labute approximate surface area is 152 Å². The third-order valence-electron chi connectivity index (χ3n) is 4.83. The molecule has 4 rings (SSSR count). The highest BCUT2D eigenvalue weighted by atomic mass is 32.2. The number of carbonyl (C=O) groups excluding carboxylic acids is 1. The summed E-state index contributed by atoms with van der Waals surface area (Å²) >= 11 is 0. The van der Waals surface area contributed by atoms with E-state index in [2.05, 4.69) is 4.98 Å². The van der Waals surface area contributed by atoms with Crippen molar-refractivity contribution in [1.29, 1.82) is 0 Å². The zero-order chi connectivity index (χ0) is 18.1. The maximum absolute atomic E-state index is 12.7. The zero-order valence-corrected chi connectivity index (χ0v) is 14.9. The molecule has 2 aliphatic heterocycles. The van der Waals surface area contributed by atoms with Crippen LogP contribution in [0.3, 0.4) is 0 Å². The second-order valence-electron chi connectivity index (χ2n) is 6.36. The van der Waals surface area contributed by atoms with Crippen LogP contribution in [0.25, 0.3) is 0 Å². The van der Waals surface area contributed by atoms with Gasteiger partial charge in [0.05, 0.1) is 5.69 Å². The van der Waals surface area contributed by atoms with E-state index in [9.17, 15) is 13.2 Å². The first-order valence-electron chi connectivity index (χ1n) is 8.52. The van der Waals surface area contributed by atoms with Gasteiger partial charge in [0, 0.05) is 30.9 Å². The average molecular weight is 373 g/mol. The van der Waals surface area contributed by atoms with E-state index in [1.807, 2.05) is 24.3 Å². The number of para-hydroxylation sites is 1. The molecule has 1 aromatic carbocycles. The number of piperidine rings is 1. The van der Waals surface area contributed by atoms with Crippen LogP contribution in [0.5, 0.6) is 0 Å². The second-order valence-corrected chi connectivity index (χ2v) is 8.24. The Kier molecular flexibility index (Phi) is 4.37. The molecule has 3 heterocycles. The van der Waals surface area contributed by atoms with Gasteiger partial charge in [-0.25, -0.2) is 18.2 Å². The number of anilines is 1. The summed E-state index contributed by atoms with van der Waals surface area (Å²) < 4.78 is 32.1. The van der Waals surface area contributed by atoms with Crippen molar-refractivity contribution in [1.82, 2.24) is 9.29 Å². The van der Waals surface area contributed by atoms with Crippen LogP contribution in [-0.2, 0) is 21.4 Å². The molecule has 1 amide bonds. The van der Waals surface area contributed by atoms with Crippen LogP contribution in [0, 0.1) is 0 Å². The van der Waals surface area contributed by atoms with E-state index in [4.69, 9.17) is 4.74 Å². The summed E-state index contributed by atoms with van der Waals surface area (Å²) in [7, 11) is -3.60. The highest BCUT2D eigenvalue weighted by molar-refractivity contribution is 7.89. The third-order valence-corrected chi connectivity index (χ3v) is 6.64. The van der Waals surface area contributed by atoms with Gasteiger partial charge in [0.15, 0.2) is 5.03 Å². The molecule has 2 aliphatic rings. The maximum Gasteiger partial charge on any atom is 0.414 e. The van der Waals surface area contributed by atoms with Crippen LogP contribution in [0.15, 0.2) is 53.7 Å². The molecule has 7 nitrogen and oxygen atoms in total. The number of fused-ring (bicyclic) bond motifs is 1. The number of carbonyl (C=O) groups is 1. The van der Waals surface area contributed by atoms with E-state index in [-0.39, 0.29) is 23.8 Å². The quantitative estimate of drug-likeness (QED) is 0.825. The molecule has 1 aromatic heterocycles. The van der Waals surface area contributed by atoms with E-state index in [1.165, 1.54) is 16.6 Å². The minimum Gasteiger partial charge on any atom is -0.444 e. The summed E-state index contributed by atoms with van der Waals surface area (Å²) in [5.41, 5.74) is 1.82. The number of amides is 1. The molecule has 2 aromatic rings. The molecule has 0 saturated carbocycles. The Balaban J connectivity index is 1.52. The number of hydrogen-bond donors (Lipinski definition) is 0. The summed E-state index contributed by atoms with van der Waals surface area (Å²) in [6.07, 6.45) is 2.21. The van der Waals surface area contributed by atoms with Crippen molar-refractivity contribution in [2.45, 2.75) is 30.5 Å². The van der Waals surface area contributed by atoms with Crippen molar-refractivity contribution >= 4 is 21.8 Å². The molecule has 0 aliphatic carbocycles. The van der Waals surface area contributed by atoms with E-state index in [0.717, 1.165) is 11.3 Å². The summed E-state index contributed by atoms with van der Waals surface area (Å²) in [4.78, 5) is 18.0. The molecule has 0 spiro atoms. The summed E-state index contributed by atoms with van der Waals surface area (Å²) in [6.45, 7) is 0.962. The Bertz CT molecular complexity index is 909. The lowest BCUT2D eigenvalue weighted by atomic mass is 10.0.